The molecule has 2 aliphatic heterocycles. The summed E-state index contributed by atoms with van der Waals surface area (Å²) in [6.07, 6.45) is 3.38. The fourth-order valence-electron chi connectivity index (χ4n) is 4.50. The standard InChI is InChI=1S/C22H28N6O/c1-14-12-27(13-14)21-10-22(25-16(3)24-21)28-20-9-19(15(2)8-17(20)11-23-28)26-6-4-18(29)5-7-26/h8-11,14,18,29H,4-7,12-13H2,1-3H3. The molecule has 0 atom stereocenters. The fraction of sp³-hybridized carbons (Fsp3) is 0.500. The van der Waals surface area contributed by atoms with Crippen LogP contribution in [-0.2, 0) is 0 Å². The number of hydrogen-bond acceptors (Lipinski definition) is 6. The van der Waals surface area contributed by atoms with Crippen molar-refractivity contribution in [2.45, 2.75) is 39.7 Å². The zero-order valence-electron chi connectivity index (χ0n) is 17.3. The van der Waals surface area contributed by atoms with Crippen LogP contribution in [-0.4, -0.2) is 57.1 Å². The molecule has 0 saturated carbocycles. The van der Waals surface area contributed by atoms with E-state index in [1.54, 1.807) is 0 Å². The lowest BCUT2D eigenvalue weighted by molar-refractivity contribution is 0.145. The lowest BCUT2D eigenvalue weighted by Gasteiger charge is -2.38. The molecule has 2 aliphatic rings. The molecule has 0 bridgehead atoms. The van der Waals surface area contributed by atoms with Crippen LogP contribution in [0.5, 0.6) is 0 Å². The van der Waals surface area contributed by atoms with Crippen molar-refractivity contribution in [3.8, 4) is 5.82 Å². The predicted molar refractivity (Wildman–Crippen MR) is 115 cm³/mol. The Hall–Kier alpha value is -2.67. The molecule has 29 heavy (non-hydrogen) atoms. The smallest absolute Gasteiger partial charge is 0.159 e. The summed E-state index contributed by atoms with van der Waals surface area (Å²) < 4.78 is 1.93. The highest BCUT2D eigenvalue weighted by molar-refractivity contribution is 5.85. The molecular weight excluding hydrogens is 364 g/mol. The summed E-state index contributed by atoms with van der Waals surface area (Å²) in [5.74, 6) is 3.27. The molecule has 4 heterocycles. The van der Waals surface area contributed by atoms with Crippen LogP contribution in [0.1, 0.15) is 31.2 Å². The Bertz CT molecular complexity index is 1050. The molecule has 0 aliphatic carbocycles. The lowest BCUT2D eigenvalue weighted by Crippen LogP contribution is -2.45. The van der Waals surface area contributed by atoms with Gasteiger partial charge in [0.25, 0.3) is 0 Å². The minimum absolute atomic E-state index is 0.174. The largest absolute Gasteiger partial charge is 0.393 e. The number of fused-ring (bicyclic) bond motifs is 1. The molecule has 1 N–H and O–H groups in total. The van der Waals surface area contributed by atoms with Gasteiger partial charge in [-0.3, -0.25) is 0 Å². The van der Waals surface area contributed by atoms with Gasteiger partial charge in [0.1, 0.15) is 11.6 Å². The van der Waals surface area contributed by atoms with Crippen LogP contribution < -0.4 is 9.80 Å². The maximum absolute atomic E-state index is 9.85. The number of nitrogens with zero attached hydrogens (tertiary/aromatic N) is 6. The van der Waals surface area contributed by atoms with E-state index < -0.39 is 0 Å². The molecule has 7 nitrogen and oxygen atoms in total. The number of aryl methyl sites for hydroxylation is 2. The first-order valence-corrected chi connectivity index (χ1v) is 10.5. The molecule has 0 amide bonds. The van der Waals surface area contributed by atoms with E-state index in [-0.39, 0.29) is 6.10 Å². The first kappa shape index (κ1) is 18.4. The number of anilines is 2. The van der Waals surface area contributed by atoms with Gasteiger partial charge in [-0.25, -0.2) is 14.6 Å². The van der Waals surface area contributed by atoms with Gasteiger partial charge in [-0.2, -0.15) is 5.10 Å². The molecule has 0 radical (unpaired) electrons. The highest BCUT2D eigenvalue weighted by Crippen LogP contribution is 2.31. The van der Waals surface area contributed by atoms with Crippen LogP contribution in [0.3, 0.4) is 0 Å². The molecular formula is C22H28N6O. The third kappa shape index (κ3) is 3.33. The Kier molecular flexibility index (Phi) is 4.42. The highest BCUT2D eigenvalue weighted by atomic mass is 16.3. The molecule has 0 spiro atoms. The Morgan fingerprint density at radius 2 is 1.69 bits per heavy atom. The van der Waals surface area contributed by atoms with Crippen LogP contribution >= 0.6 is 0 Å². The fourth-order valence-corrected chi connectivity index (χ4v) is 4.50. The average molecular weight is 393 g/mol. The summed E-state index contributed by atoms with van der Waals surface area (Å²) >= 11 is 0. The van der Waals surface area contributed by atoms with Crippen molar-refractivity contribution in [3.63, 3.8) is 0 Å². The zero-order valence-corrected chi connectivity index (χ0v) is 17.3. The number of aliphatic hydroxyl groups is 1. The van der Waals surface area contributed by atoms with Gasteiger partial charge in [0.15, 0.2) is 5.82 Å². The molecule has 2 fully saturated rings. The summed E-state index contributed by atoms with van der Waals surface area (Å²) in [6.45, 7) is 10.2. The van der Waals surface area contributed by atoms with E-state index in [4.69, 9.17) is 0 Å². The second-order valence-electron chi connectivity index (χ2n) is 8.61. The van der Waals surface area contributed by atoms with E-state index in [1.807, 2.05) is 23.9 Å². The summed E-state index contributed by atoms with van der Waals surface area (Å²) in [5.41, 5.74) is 3.51. The van der Waals surface area contributed by atoms with E-state index in [1.165, 1.54) is 11.3 Å². The monoisotopic (exact) mass is 392 g/mol. The minimum atomic E-state index is -0.174. The normalized spacial score (nSPS) is 18.5. The van der Waals surface area contributed by atoms with Gasteiger partial charge in [0.2, 0.25) is 0 Å². The highest BCUT2D eigenvalue weighted by Gasteiger charge is 2.25. The van der Waals surface area contributed by atoms with Crippen molar-refractivity contribution in [3.05, 3.63) is 35.8 Å². The number of hydrogen-bond donors (Lipinski definition) is 1. The Morgan fingerprint density at radius 1 is 0.966 bits per heavy atom. The van der Waals surface area contributed by atoms with Gasteiger partial charge in [-0.05, 0) is 50.3 Å². The number of aromatic nitrogens is 4. The SMILES string of the molecule is Cc1nc(N2CC(C)C2)cc(-n2ncc3cc(C)c(N4CCC(O)CC4)cc32)n1. The van der Waals surface area contributed by atoms with Gasteiger partial charge in [0.05, 0.1) is 17.8 Å². The molecule has 7 heteroatoms. The van der Waals surface area contributed by atoms with E-state index in [9.17, 15) is 5.11 Å². The second-order valence-corrected chi connectivity index (χ2v) is 8.61. The van der Waals surface area contributed by atoms with Crippen LogP contribution in [0.25, 0.3) is 16.7 Å². The van der Waals surface area contributed by atoms with E-state index in [2.05, 4.69) is 50.8 Å². The number of piperidine rings is 1. The van der Waals surface area contributed by atoms with E-state index in [0.717, 1.165) is 67.4 Å². The topological polar surface area (TPSA) is 70.3 Å². The van der Waals surface area contributed by atoms with Gasteiger partial charge < -0.3 is 14.9 Å². The van der Waals surface area contributed by atoms with Crippen LogP contribution in [0.2, 0.25) is 0 Å². The van der Waals surface area contributed by atoms with Crippen molar-refractivity contribution < 1.29 is 5.11 Å². The first-order chi connectivity index (χ1) is 14.0. The summed E-state index contributed by atoms with van der Waals surface area (Å²) in [7, 11) is 0. The van der Waals surface area contributed by atoms with Crippen LogP contribution in [0.4, 0.5) is 11.5 Å². The van der Waals surface area contributed by atoms with E-state index in [0.29, 0.717) is 5.92 Å². The summed E-state index contributed by atoms with van der Waals surface area (Å²) in [6, 6.07) is 6.46. The van der Waals surface area contributed by atoms with Crippen LogP contribution in [0.15, 0.2) is 24.4 Å². The number of rotatable bonds is 3. The minimum Gasteiger partial charge on any atom is -0.393 e. The lowest BCUT2D eigenvalue weighted by atomic mass is 10.0. The molecule has 3 aromatic rings. The second kappa shape index (κ2) is 6.99. The molecule has 152 valence electrons. The Balaban J connectivity index is 1.55. The molecule has 5 rings (SSSR count). The first-order valence-electron chi connectivity index (χ1n) is 10.5. The van der Waals surface area contributed by atoms with Gasteiger partial charge in [0, 0.05) is 43.3 Å². The van der Waals surface area contributed by atoms with Crippen molar-refractivity contribution in [2.75, 3.05) is 36.0 Å². The van der Waals surface area contributed by atoms with Crippen LogP contribution in [0, 0.1) is 19.8 Å². The van der Waals surface area contributed by atoms with Crippen molar-refractivity contribution in [1.29, 1.82) is 0 Å². The van der Waals surface area contributed by atoms with Crippen molar-refractivity contribution in [2.24, 2.45) is 5.92 Å². The van der Waals surface area contributed by atoms with Crippen molar-refractivity contribution in [1.82, 2.24) is 19.7 Å². The molecule has 0 unspecified atom stereocenters. The molecule has 2 aromatic heterocycles. The summed E-state index contributed by atoms with van der Waals surface area (Å²) in [4.78, 5) is 14.0. The molecule has 2 saturated heterocycles. The maximum atomic E-state index is 9.85. The van der Waals surface area contributed by atoms with Gasteiger partial charge in [-0.1, -0.05) is 6.92 Å². The summed E-state index contributed by atoms with van der Waals surface area (Å²) in [5, 5.41) is 15.6. The van der Waals surface area contributed by atoms with E-state index >= 15 is 0 Å². The van der Waals surface area contributed by atoms with Gasteiger partial charge in [-0.15, -0.1) is 0 Å². The molecule has 1 aromatic carbocycles. The van der Waals surface area contributed by atoms with Gasteiger partial charge >= 0.3 is 0 Å². The third-order valence-electron chi connectivity index (χ3n) is 6.11. The van der Waals surface area contributed by atoms with Crippen molar-refractivity contribution >= 4 is 22.4 Å². The Labute approximate surface area is 171 Å². The third-order valence-corrected chi connectivity index (χ3v) is 6.11. The predicted octanol–water partition coefficient (Wildman–Crippen LogP) is 2.85. The number of benzene rings is 1. The zero-order chi connectivity index (χ0) is 20.1. The number of aliphatic hydroxyl groups excluding tert-OH is 1. The average Bonchev–Trinajstić information content (AvgIpc) is 3.08. The quantitative estimate of drug-likeness (QED) is 0.739. The maximum Gasteiger partial charge on any atom is 0.159 e. The Morgan fingerprint density at radius 3 is 2.41 bits per heavy atom.